The van der Waals surface area contributed by atoms with Crippen LogP contribution in [0.2, 0.25) is 0 Å². The highest BCUT2D eigenvalue weighted by Gasteiger charge is 2.33. The zero-order valence-corrected chi connectivity index (χ0v) is 25.3. The summed E-state index contributed by atoms with van der Waals surface area (Å²) in [5, 5.41) is 0. The highest BCUT2D eigenvalue weighted by molar-refractivity contribution is 5.98. The van der Waals surface area contributed by atoms with Gasteiger partial charge in [-0.05, 0) is 72.7 Å². The van der Waals surface area contributed by atoms with Gasteiger partial charge in [0, 0.05) is 38.4 Å². The lowest BCUT2D eigenvalue weighted by Crippen LogP contribution is -2.56. The second-order valence-corrected chi connectivity index (χ2v) is 10.4. The maximum atomic E-state index is 14.0. The SMILES string of the molecule is CCCOCC1CN(Cc2cc(OC)c(OC)c(OC)c2)CCN1C(=O)C1=Cc2cc(OC)c(OC)cc2CCC1. The molecule has 0 spiro atoms. The summed E-state index contributed by atoms with van der Waals surface area (Å²) in [6, 6.07) is 7.92. The van der Waals surface area contributed by atoms with Crippen molar-refractivity contribution < 1.29 is 33.2 Å². The average molecular weight is 569 g/mol. The number of rotatable bonds is 12. The van der Waals surface area contributed by atoms with Crippen LogP contribution >= 0.6 is 0 Å². The van der Waals surface area contributed by atoms with Gasteiger partial charge in [0.2, 0.25) is 11.7 Å². The van der Waals surface area contributed by atoms with E-state index in [4.69, 9.17) is 28.4 Å². The Morgan fingerprint density at radius 2 is 1.54 bits per heavy atom. The molecule has 1 atom stereocenters. The summed E-state index contributed by atoms with van der Waals surface area (Å²) in [4.78, 5) is 18.4. The van der Waals surface area contributed by atoms with E-state index in [0.29, 0.717) is 61.6 Å². The van der Waals surface area contributed by atoms with Gasteiger partial charge in [0.15, 0.2) is 23.0 Å². The molecule has 0 saturated carbocycles. The van der Waals surface area contributed by atoms with Crippen LogP contribution in [-0.4, -0.2) is 90.1 Å². The van der Waals surface area contributed by atoms with Crippen molar-refractivity contribution >= 4 is 12.0 Å². The molecular formula is C32H44N2O7. The molecule has 0 aromatic heterocycles. The van der Waals surface area contributed by atoms with E-state index in [2.05, 4.69) is 11.8 Å². The minimum absolute atomic E-state index is 0.0566. The number of ether oxygens (including phenoxy) is 6. The van der Waals surface area contributed by atoms with Gasteiger partial charge in [-0.25, -0.2) is 0 Å². The fourth-order valence-corrected chi connectivity index (χ4v) is 5.69. The van der Waals surface area contributed by atoms with Crippen LogP contribution in [0.5, 0.6) is 28.7 Å². The first-order valence-electron chi connectivity index (χ1n) is 14.3. The minimum atomic E-state index is -0.0566. The molecule has 4 rings (SSSR count). The third kappa shape index (κ3) is 7.08. The number of hydrogen-bond acceptors (Lipinski definition) is 8. The quantitative estimate of drug-likeness (QED) is 0.344. The van der Waals surface area contributed by atoms with Crippen molar-refractivity contribution in [2.24, 2.45) is 0 Å². The first-order chi connectivity index (χ1) is 20.0. The fourth-order valence-electron chi connectivity index (χ4n) is 5.69. The lowest BCUT2D eigenvalue weighted by molar-refractivity contribution is -0.134. The zero-order valence-electron chi connectivity index (χ0n) is 25.3. The van der Waals surface area contributed by atoms with Crippen molar-refractivity contribution in [3.63, 3.8) is 0 Å². The topological polar surface area (TPSA) is 78.9 Å². The number of benzene rings is 2. The standard InChI is InChI=1S/C32H44N2O7/c1-7-13-41-21-26-20-33(19-22-14-29(38-4)31(40-6)30(15-22)39-5)11-12-34(26)32(35)24-10-8-9-23-17-27(36-2)28(37-3)18-25(23)16-24/h14-18,26H,7-13,19-21H2,1-6H3. The number of hydrogen-bond donors (Lipinski definition) is 0. The molecule has 1 unspecified atom stereocenters. The van der Waals surface area contributed by atoms with Crippen LogP contribution in [0.4, 0.5) is 0 Å². The van der Waals surface area contributed by atoms with E-state index in [-0.39, 0.29) is 11.9 Å². The van der Waals surface area contributed by atoms with E-state index in [9.17, 15) is 4.79 Å². The molecule has 1 saturated heterocycles. The lowest BCUT2D eigenvalue weighted by atomic mass is 10.0. The predicted octanol–water partition coefficient (Wildman–Crippen LogP) is 4.59. The second kappa shape index (κ2) is 14.5. The monoisotopic (exact) mass is 568 g/mol. The Morgan fingerprint density at radius 3 is 2.17 bits per heavy atom. The van der Waals surface area contributed by atoms with Crippen LogP contribution in [0, 0.1) is 0 Å². The van der Waals surface area contributed by atoms with Crippen molar-refractivity contribution in [2.75, 3.05) is 68.4 Å². The first-order valence-corrected chi connectivity index (χ1v) is 14.3. The highest BCUT2D eigenvalue weighted by Crippen LogP contribution is 2.39. The molecular weight excluding hydrogens is 524 g/mol. The summed E-state index contributed by atoms with van der Waals surface area (Å²) in [6.07, 6.45) is 5.49. The molecule has 0 radical (unpaired) electrons. The van der Waals surface area contributed by atoms with Crippen LogP contribution in [-0.2, 0) is 22.5 Å². The molecule has 0 bridgehead atoms. The van der Waals surface area contributed by atoms with Crippen molar-refractivity contribution in [3.05, 3.63) is 46.5 Å². The van der Waals surface area contributed by atoms with Crippen LogP contribution in [0.15, 0.2) is 29.8 Å². The summed E-state index contributed by atoms with van der Waals surface area (Å²) >= 11 is 0. The Labute approximate surface area is 243 Å². The van der Waals surface area contributed by atoms with Gasteiger partial charge in [-0.2, -0.15) is 0 Å². The summed E-state index contributed by atoms with van der Waals surface area (Å²) < 4.78 is 33.6. The minimum Gasteiger partial charge on any atom is -0.493 e. The zero-order chi connectivity index (χ0) is 29.4. The van der Waals surface area contributed by atoms with Crippen LogP contribution in [0.3, 0.4) is 0 Å². The summed E-state index contributed by atoms with van der Waals surface area (Å²) in [5.41, 5.74) is 4.07. The molecule has 1 fully saturated rings. The number of methoxy groups -OCH3 is 5. The molecule has 224 valence electrons. The van der Waals surface area contributed by atoms with Crippen molar-refractivity contribution in [1.29, 1.82) is 0 Å². The molecule has 1 aliphatic carbocycles. The number of amides is 1. The van der Waals surface area contributed by atoms with Gasteiger partial charge in [-0.15, -0.1) is 0 Å². The van der Waals surface area contributed by atoms with Crippen molar-refractivity contribution in [2.45, 2.75) is 45.2 Å². The normalized spacial score (nSPS) is 17.3. The Balaban J connectivity index is 1.55. The van der Waals surface area contributed by atoms with Gasteiger partial charge < -0.3 is 33.3 Å². The van der Waals surface area contributed by atoms with Crippen molar-refractivity contribution in [1.82, 2.24) is 9.80 Å². The van der Waals surface area contributed by atoms with E-state index in [0.717, 1.165) is 48.9 Å². The number of nitrogens with zero attached hydrogens (tertiary/aromatic N) is 2. The molecule has 2 aromatic carbocycles. The maximum Gasteiger partial charge on any atom is 0.250 e. The summed E-state index contributed by atoms with van der Waals surface area (Å²) in [6.45, 7) is 6.05. The molecule has 1 amide bonds. The molecule has 1 heterocycles. The van der Waals surface area contributed by atoms with E-state index >= 15 is 0 Å². The summed E-state index contributed by atoms with van der Waals surface area (Å²) in [5.74, 6) is 3.31. The van der Waals surface area contributed by atoms with Gasteiger partial charge in [-0.3, -0.25) is 9.69 Å². The number of fused-ring (bicyclic) bond motifs is 1. The van der Waals surface area contributed by atoms with Gasteiger partial charge in [0.05, 0.1) is 48.2 Å². The number of carbonyl (C=O) groups excluding carboxylic acids is 1. The van der Waals surface area contributed by atoms with Gasteiger partial charge in [0.1, 0.15) is 0 Å². The third-order valence-corrected chi connectivity index (χ3v) is 7.76. The molecule has 41 heavy (non-hydrogen) atoms. The Kier molecular flexibility index (Phi) is 10.8. The van der Waals surface area contributed by atoms with E-state index in [1.54, 1.807) is 35.5 Å². The van der Waals surface area contributed by atoms with E-state index in [1.165, 1.54) is 5.56 Å². The second-order valence-electron chi connectivity index (χ2n) is 10.4. The molecule has 0 N–H and O–H groups in total. The molecule has 9 nitrogen and oxygen atoms in total. The Morgan fingerprint density at radius 1 is 0.854 bits per heavy atom. The molecule has 2 aromatic rings. The maximum absolute atomic E-state index is 14.0. The van der Waals surface area contributed by atoms with Crippen LogP contribution in [0.1, 0.15) is 42.9 Å². The summed E-state index contributed by atoms with van der Waals surface area (Å²) in [7, 11) is 8.13. The first kappa shape index (κ1) is 30.5. The Bertz CT molecular complexity index is 1200. The number of carbonyl (C=O) groups is 1. The van der Waals surface area contributed by atoms with Gasteiger partial charge >= 0.3 is 0 Å². The average Bonchev–Trinajstić information content (AvgIpc) is 3.21. The Hall–Kier alpha value is -3.43. The number of piperazine rings is 1. The molecule has 2 aliphatic rings. The van der Waals surface area contributed by atoms with Crippen LogP contribution < -0.4 is 23.7 Å². The van der Waals surface area contributed by atoms with E-state index in [1.807, 2.05) is 35.2 Å². The fraction of sp³-hybridized carbons (Fsp3) is 0.531. The lowest BCUT2D eigenvalue weighted by Gasteiger charge is -2.41. The largest absolute Gasteiger partial charge is 0.493 e. The molecule has 9 heteroatoms. The van der Waals surface area contributed by atoms with Gasteiger partial charge in [-0.1, -0.05) is 6.92 Å². The van der Waals surface area contributed by atoms with Crippen LogP contribution in [0.25, 0.3) is 6.08 Å². The van der Waals surface area contributed by atoms with Crippen molar-refractivity contribution in [3.8, 4) is 28.7 Å². The van der Waals surface area contributed by atoms with E-state index < -0.39 is 0 Å². The number of aryl methyl sites for hydroxylation is 1. The third-order valence-electron chi connectivity index (χ3n) is 7.76. The smallest absolute Gasteiger partial charge is 0.250 e. The molecule has 1 aliphatic heterocycles. The predicted molar refractivity (Wildman–Crippen MR) is 158 cm³/mol. The highest BCUT2D eigenvalue weighted by atomic mass is 16.5. The van der Waals surface area contributed by atoms with Gasteiger partial charge in [0.25, 0.3) is 0 Å².